The van der Waals surface area contributed by atoms with Crippen molar-refractivity contribution in [3.8, 4) is 0 Å². The third kappa shape index (κ3) is 2.58. The number of hydrogen-bond donors (Lipinski definition) is 2. The van der Waals surface area contributed by atoms with E-state index >= 15 is 0 Å². The van der Waals surface area contributed by atoms with Crippen molar-refractivity contribution in [3.05, 3.63) is 12.2 Å². The Bertz CT molecular complexity index is 273. The summed E-state index contributed by atoms with van der Waals surface area (Å²) >= 11 is 0. The summed E-state index contributed by atoms with van der Waals surface area (Å²) in [5.74, 6) is -0.229. The molecule has 0 aromatic rings. The highest BCUT2D eigenvalue weighted by Gasteiger charge is 2.40. The van der Waals surface area contributed by atoms with Gasteiger partial charge < -0.3 is 15.2 Å². The first-order valence-corrected chi connectivity index (χ1v) is 5.44. The molecule has 4 nitrogen and oxygen atoms in total. The number of carboxylic acid groups (broad SMARTS) is 1. The number of carboxylic acids is 1. The number of nitrogens with one attached hydrogen (secondary N) is 1. The predicted octanol–water partition coefficient (Wildman–Crippen LogP) is 0.784. The van der Waals surface area contributed by atoms with Gasteiger partial charge >= 0.3 is 5.97 Å². The van der Waals surface area contributed by atoms with Crippen molar-refractivity contribution in [1.29, 1.82) is 0 Å². The highest BCUT2D eigenvalue weighted by Crippen LogP contribution is 2.38. The normalized spacial score (nSPS) is 30.4. The van der Waals surface area contributed by atoms with E-state index in [1.807, 2.05) is 0 Å². The molecule has 1 saturated heterocycles. The molecule has 15 heavy (non-hydrogen) atoms. The second-order valence-corrected chi connectivity index (χ2v) is 4.36. The Morgan fingerprint density at radius 1 is 1.47 bits per heavy atom. The van der Waals surface area contributed by atoms with Crippen molar-refractivity contribution in [1.82, 2.24) is 5.32 Å². The van der Waals surface area contributed by atoms with E-state index in [2.05, 4.69) is 11.9 Å². The molecule has 1 aliphatic carbocycles. The SMILES string of the molecule is C=C(CNC1CCOC1C1CC1)C(=O)O. The van der Waals surface area contributed by atoms with Crippen LogP contribution in [-0.2, 0) is 9.53 Å². The Labute approximate surface area is 89.3 Å². The lowest BCUT2D eigenvalue weighted by Gasteiger charge is -2.19. The topological polar surface area (TPSA) is 58.6 Å². The fourth-order valence-electron chi connectivity index (χ4n) is 2.05. The maximum Gasteiger partial charge on any atom is 0.332 e. The average molecular weight is 211 g/mol. The number of ether oxygens (including phenoxy) is 1. The molecule has 2 aliphatic rings. The zero-order valence-electron chi connectivity index (χ0n) is 8.74. The van der Waals surface area contributed by atoms with Crippen LogP contribution in [0.15, 0.2) is 12.2 Å². The minimum absolute atomic E-state index is 0.219. The van der Waals surface area contributed by atoms with Crippen LogP contribution in [0.1, 0.15) is 19.3 Å². The minimum atomic E-state index is -0.926. The molecular formula is C11H17NO3. The molecule has 0 spiro atoms. The van der Waals surface area contributed by atoms with Crippen LogP contribution in [-0.4, -0.2) is 36.4 Å². The van der Waals surface area contributed by atoms with E-state index in [9.17, 15) is 4.79 Å². The smallest absolute Gasteiger partial charge is 0.332 e. The van der Waals surface area contributed by atoms with Crippen LogP contribution in [0.4, 0.5) is 0 Å². The zero-order valence-corrected chi connectivity index (χ0v) is 8.74. The molecule has 1 saturated carbocycles. The van der Waals surface area contributed by atoms with Gasteiger partial charge in [-0.2, -0.15) is 0 Å². The van der Waals surface area contributed by atoms with E-state index in [4.69, 9.17) is 9.84 Å². The van der Waals surface area contributed by atoms with E-state index in [-0.39, 0.29) is 5.57 Å². The van der Waals surface area contributed by atoms with E-state index in [0.717, 1.165) is 13.0 Å². The first-order valence-electron chi connectivity index (χ1n) is 5.44. The van der Waals surface area contributed by atoms with Gasteiger partial charge in [0.1, 0.15) is 0 Å². The lowest BCUT2D eigenvalue weighted by molar-refractivity contribution is -0.132. The summed E-state index contributed by atoms with van der Waals surface area (Å²) in [5, 5.41) is 11.9. The first kappa shape index (κ1) is 10.6. The molecule has 2 atom stereocenters. The van der Waals surface area contributed by atoms with Crippen LogP contribution in [0.5, 0.6) is 0 Å². The predicted molar refractivity (Wildman–Crippen MR) is 55.6 cm³/mol. The van der Waals surface area contributed by atoms with Crippen molar-refractivity contribution >= 4 is 5.97 Å². The van der Waals surface area contributed by atoms with Gasteiger partial charge in [-0.1, -0.05) is 6.58 Å². The number of hydrogen-bond acceptors (Lipinski definition) is 3. The Morgan fingerprint density at radius 3 is 2.80 bits per heavy atom. The number of aliphatic carboxylic acids is 1. The summed E-state index contributed by atoms with van der Waals surface area (Å²) < 4.78 is 5.64. The zero-order chi connectivity index (χ0) is 10.8. The van der Waals surface area contributed by atoms with E-state index in [0.29, 0.717) is 24.6 Å². The van der Waals surface area contributed by atoms with Crippen LogP contribution in [0.25, 0.3) is 0 Å². The van der Waals surface area contributed by atoms with Gasteiger partial charge in [0.25, 0.3) is 0 Å². The Balaban J connectivity index is 1.78. The summed E-state index contributed by atoms with van der Waals surface area (Å²) in [7, 11) is 0. The van der Waals surface area contributed by atoms with Gasteiger partial charge in [-0.05, 0) is 25.2 Å². The molecule has 0 aromatic carbocycles. The third-order valence-electron chi connectivity index (χ3n) is 3.10. The summed E-state index contributed by atoms with van der Waals surface area (Å²) in [6.07, 6.45) is 3.78. The van der Waals surface area contributed by atoms with Crippen LogP contribution >= 0.6 is 0 Å². The fourth-order valence-corrected chi connectivity index (χ4v) is 2.05. The monoisotopic (exact) mass is 211 g/mol. The van der Waals surface area contributed by atoms with Gasteiger partial charge in [0.2, 0.25) is 0 Å². The summed E-state index contributed by atoms with van der Waals surface area (Å²) in [5.41, 5.74) is 0.219. The Morgan fingerprint density at radius 2 is 2.20 bits per heavy atom. The molecule has 2 unspecified atom stereocenters. The summed E-state index contributed by atoms with van der Waals surface area (Å²) in [6, 6.07) is 0.314. The maximum absolute atomic E-state index is 10.6. The highest BCUT2D eigenvalue weighted by atomic mass is 16.5. The van der Waals surface area contributed by atoms with Crippen molar-refractivity contribution in [2.45, 2.75) is 31.4 Å². The van der Waals surface area contributed by atoms with Gasteiger partial charge in [0, 0.05) is 24.8 Å². The lowest BCUT2D eigenvalue weighted by Crippen LogP contribution is -2.39. The van der Waals surface area contributed by atoms with Crippen LogP contribution in [0.3, 0.4) is 0 Å². The van der Waals surface area contributed by atoms with E-state index < -0.39 is 5.97 Å². The lowest BCUT2D eigenvalue weighted by atomic mass is 10.1. The van der Waals surface area contributed by atoms with Gasteiger partial charge in [0.15, 0.2) is 0 Å². The van der Waals surface area contributed by atoms with E-state index in [1.165, 1.54) is 12.8 Å². The summed E-state index contributed by atoms with van der Waals surface area (Å²) in [4.78, 5) is 10.6. The molecule has 0 bridgehead atoms. The fraction of sp³-hybridized carbons (Fsp3) is 0.727. The number of carbonyl (C=O) groups is 1. The second-order valence-electron chi connectivity index (χ2n) is 4.36. The van der Waals surface area contributed by atoms with Crippen LogP contribution in [0, 0.1) is 5.92 Å². The Hall–Kier alpha value is -0.870. The molecule has 0 radical (unpaired) electrons. The number of rotatable bonds is 5. The molecule has 4 heteroatoms. The molecular weight excluding hydrogens is 194 g/mol. The van der Waals surface area contributed by atoms with Gasteiger partial charge in [0.05, 0.1) is 6.10 Å². The highest BCUT2D eigenvalue weighted by molar-refractivity contribution is 5.86. The summed E-state index contributed by atoms with van der Waals surface area (Å²) in [6.45, 7) is 4.64. The van der Waals surface area contributed by atoms with E-state index in [1.54, 1.807) is 0 Å². The van der Waals surface area contributed by atoms with Crippen LogP contribution in [0.2, 0.25) is 0 Å². The van der Waals surface area contributed by atoms with Crippen molar-refractivity contribution in [2.75, 3.05) is 13.2 Å². The molecule has 0 aromatic heterocycles. The largest absolute Gasteiger partial charge is 0.478 e. The van der Waals surface area contributed by atoms with Gasteiger partial charge in [-0.25, -0.2) is 4.79 Å². The molecule has 0 amide bonds. The molecule has 1 aliphatic heterocycles. The molecule has 2 fully saturated rings. The second kappa shape index (κ2) is 4.33. The molecule has 2 N–H and O–H groups in total. The average Bonchev–Trinajstić information content (AvgIpc) is 2.94. The third-order valence-corrected chi connectivity index (χ3v) is 3.10. The van der Waals surface area contributed by atoms with Crippen molar-refractivity contribution in [3.63, 3.8) is 0 Å². The van der Waals surface area contributed by atoms with Crippen molar-refractivity contribution in [2.24, 2.45) is 5.92 Å². The van der Waals surface area contributed by atoms with Gasteiger partial charge in [-0.3, -0.25) is 0 Å². The van der Waals surface area contributed by atoms with Gasteiger partial charge in [-0.15, -0.1) is 0 Å². The van der Waals surface area contributed by atoms with Crippen molar-refractivity contribution < 1.29 is 14.6 Å². The maximum atomic E-state index is 10.6. The molecule has 2 rings (SSSR count). The minimum Gasteiger partial charge on any atom is -0.478 e. The first-order chi connectivity index (χ1) is 7.18. The molecule has 84 valence electrons. The van der Waals surface area contributed by atoms with Crippen LogP contribution < -0.4 is 5.32 Å². The Kier molecular flexibility index (Phi) is 3.07. The molecule has 1 heterocycles. The quantitative estimate of drug-likeness (QED) is 0.660. The standard InChI is InChI=1S/C11H17NO3/c1-7(11(13)14)6-12-9-4-5-15-10(9)8-2-3-8/h8-10,12H,1-6H2,(H,13,14).